The third kappa shape index (κ3) is 4.35. The van der Waals surface area contributed by atoms with Gasteiger partial charge in [-0.05, 0) is 41.3 Å². The van der Waals surface area contributed by atoms with Crippen LogP contribution in [0.25, 0.3) is 32.9 Å². The van der Waals surface area contributed by atoms with E-state index >= 15 is 0 Å². The summed E-state index contributed by atoms with van der Waals surface area (Å²) in [5.41, 5.74) is 4.60. The number of nitrogens with one attached hydrogen (secondary N) is 4. The molecule has 172 valence electrons. The van der Waals surface area contributed by atoms with Crippen LogP contribution in [0, 0.1) is 5.92 Å². The Hall–Kier alpha value is -4.18. The highest BCUT2D eigenvalue weighted by atomic mass is 32.1. The second-order valence-electron chi connectivity index (χ2n) is 8.21. The zero-order valence-corrected chi connectivity index (χ0v) is 19.3. The first-order valence-corrected chi connectivity index (χ1v) is 11.6. The lowest BCUT2D eigenvalue weighted by Gasteiger charge is -2.10. The fourth-order valence-corrected chi connectivity index (χ4v) is 4.31. The number of ether oxygens (including phenoxy) is 1. The standard InChI is InChI=1S/C24H22N6O3S/c1-13(2)11-33-24(32)29-23-28-21(12-34-23)22(31)27-19-8-14(9-20-17(19)10-26-30-20)15-4-3-5-18-16(15)6-7-25-18/h3-10,12-13,25H,11H2,1-2H3,(H,26,30)(H,27,31)(H,28,29,32). The Morgan fingerprint density at radius 2 is 2.00 bits per heavy atom. The Balaban J connectivity index is 1.40. The SMILES string of the molecule is CC(C)COC(=O)Nc1nc(C(=O)Nc2cc(-c3cccc4[nH]ccc34)cc3[nH]ncc23)cs1. The molecule has 0 aliphatic rings. The van der Waals surface area contributed by atoms with Crippen LogP contribution in [0.15, 0.2) is 54.2 Å². The quantitative estimate of drug-likeness (QED) is 0.254. The topological polar surface area (TPSA) is 125 Å². The number of aromatic amines is 2. The van der Waals surface area contributed by atoms with Crippen LogP contribution in [-0.4, -0.2) is 38.8 Å². The predicted molar refractivity (Wildman–Crippen MR) is 133 cm³/mol. The number of amides is 2. The molecule has 0 unspecified atom stereocenters. The number of carbonyl (C=O) groups is 2. The monoisotopic (exact) mass is 474 g/mol. The molecule has 2 amide bonds. The van der Waals surface area contributed by atoms with E-state index in [2.05, 4.69) is 30.8 Å². The molecule has 5 aromatic rings. The van der Waals surface area contributed by atoms with Crippen LogP contribution in [-0.2, 0) is 4.74 Å². The van der Waals surface area contributed by atoms with Gasteiger partial charge in [0.25, 0.3) is 5.91 Å². The van der Waals surface area contributed by atoms with Gasteiger partial charge in [0, 0.05) is 27.9 Å². The number of carbonyl (C=O) groups excluding carboxylic acids is 2. The lowest BCUT2D eigenvalue weighted by atomic mass is 9.99. The molecule has 3 heterocycles. The molecule has 9 nitrogen and oxygen atoms in total. The van der Waals surface area contributed by atoms with Gasteiger partial charge in [-0.25, -0.2) is 9.78 Å². The van der Waals surface area contributed by atoms with Gasteiger partial charge in [0.15, 0.2) is 5.13 Å². The van der Waals surface area contributed by atoms with Gasteiger partial charge in [-0.3, -0.25) is 15.2 Å². The van der Waals surface area contributed by atoms with Crippen molar-refractivity contribution in [3.63, 3.8) is 0 Å². The molecular weight excluding hydrogens is 452 g/mol. The predicted octanol–water partition coefficient (Wildman–Crippen LogP) is 5.62. The Bertz CT molecular complexity index is 1500. The highest BCUT2D eigenvalue weighted by Crippen LogP contribution is 2.34. The number of benzene rings is 2. The molecule has 3 aromatic heterocycles. The van der Waals surface area contributed by atoms with E-state index in [0.29, 0.717) is 17.4 Å². The Morgan fingerprint density at radius 3 is 2.85 bits per heavy atom. The summed E-state index contributed by atoms with van der Waals surface area (Å²) in [7, 11) is 0. The molecule has 0 bridgehead atoms. The number of fused-ring (bicyclic) bond motifs is 2. The van der Waals surface area contributed by atoms with Crippen molar-refractivity contribution in [3.8, 4) is 11.1 Å². The second kappa shape index (κ2) is 8.99. The fourth-order valence-electron chi connectivity index (χ4n) is 3.63. The first-order chi connectivity index (χ1) is 16.5. The van der Waals surface area contributed by atoms with Crippen molar-refractivity contribution in [2.75, 3.05) is 17.2 Å². The van der Waals surface area contributed by atoms with Gasteiger partial charge in [0.2, 0.25) is 0 Å². The Labute approximate surface area is 198 Å². The second-order valence-corrected chi connectivity index (χ2v) is 9.07. The molecule has 0 saturated heterocycles. The summed E-state index contributed by atoms with van der Waals surface area (Å²) in [6, 6.07) is 12.0. The molecular formula is C24H22N6O3S. The number of thiazole rings is 1. The van der Waals surface area contributed by atoms with Crippen LogP contribution in [0.5, 0.6) is 0 Å². The van der Waals surface area contributed by atoms with Crippen molar-refractivity contribution >= 4 is 56.0 Å². The van der Waals surface area contributed by atoms with Crippen molar-refractivity contribution < 1.29 is 14.3 Å². The molecule has 0 saturated carbocycles. The average Bonchev–Trinajstić information content (AvgIpc) is 3.57. The Morgan fingerprint density at radius 1 is 1.12 bits per heavy atom. The lowest BCUT2D eigenvalue weighted by molar-refractivity contribution is 0.102. The summed E-state index contributed by atoms with van der Waals surface area (Å²) in [6.45, 7) is 4.20. The number of nitrogens with zero attached hydrogens (tertiary/aromatic N) is 2. The summed E-state index contributed by atoms with van der Waals surface area (Å²) < 4.78 is 5.10. The largest absolute Gasteiger partial charge is 0.449 e. The lowest BCUT2D eigenvalue weighted by Crippen LogP contribution is -2.17. The molecule has 10 heteroatoms. The van der Waals surface area contributed by atoms with Crippen molar-refractivity contribution in [1.82, 2.24) is 20.2 Å². The maximum absolute atomic E-state index is 13.0. The van der Waals surface area contributed by atoms with Crippen molar-refractivity contribution in [2.45, 2.75) is 13.8 Å². The minimum absolute atomic E-state index is 0.193. The summed E-state index contributed by atoms with van der Waals surface area (Å²) in [5, 5.41) is 16.4. The van der Waals surface area contributed by atoms with Gasteiger partial charge in [-0.2, -0.15) is 5.10 Å². The zero-order chi connectivity index (χ0) is 23.7. The van der Waals surface area contributed by atoms with Gasteiger partial charge in [0.05, 0.1) is 24.0 Å². The van der Waals surface area contributed by atoms with Gasteiger partial charge in [-0.1, -0.05) is 26.0 Å². The van der Waals surface area contributed by atoms with Gasteiger partial charge in [0.1, 0.15) is 5.69 Å². The number of hydrogen-bond donors (Lipinski definition) is 4. The van der Waals surface area contributed by atoms with Crippen molar-refractivity contribution in [2.24, 2.45) is 5.92 Å². The van der Waals surface area contributed by atoms with Gasteiger partial charge < -0.3 is 15.0 Å². The highest BCUT2D eigenvalue weighted by Gasteiger charge is 2.17. The maximum Gasteiger partial charge on any atom is 0.413 e. The van der Waals surface area contributed by atoms with Crippen LogP contribution in [0.2, 0.25) is 0 Å². The Kier molecular flexibility index (Phi) is 5.72. The molecule has 2 aromatic carbocycles. The third-order valence-corrected chi connectivity index (χ3v) is 5.96. The normalized spacial score (nSPS) is 11.3. The molecule has 0 spiro atoms. The summed E-state index contributed by atoms with van der Waals surface area (Å²) in [5.74, 6) is -0.164. The average molecular weight is 475 g/mol. The van der Waals surface area contributed by atoms with E-state index in [-0.39, 0.29) is 17.5 Å². The van der Waals surface area contributed by atoms with Crippen LogP contribution < -0.4 is 10.6 Å². The molecule has 0 radical (unpaired) electrons. The molecule has 0 aliphatic carbocycles. The molecule has 4 N–H and O–H groups in total. The molecule has 0 atom stereocenters. The first-order valence-electron chi connectivity index (χ1n) is 10.7. The van der Waals surface area contributed by atoms with Gasteiger partial charge >= 0.3 is 6.09 Å². The van der Waals surface area contributed by atoms with Crippen LogP contribution in [0.1, 0.15) is 24.3 Å². The van der Waals surface area contributed by atoms with Crippen molar-refractivity contribution in [1.29, 1.82) is 0 Å². The van der Waals surface area contributed by atoms with Crippen LogP contribution in [0.4, 0.5) is 15.6 Å². The number of H-pyrrole nitrogens is 2. The summed E-state index contributed by atoms with van der Waals surface area (Å²) in [4.78, 5) is 32.3. The summed E-state index contributed by atoms with van der Waals surface area (Å²) >= 11 is 1.15. The maximum atomic E-state index is 13.0. The minimum Gasteiger partial charge on any atom is -0.449 e. The van der Waals surface area contributed by atoms with E-state index in [1.54, 1.807) is 11.6 Å². The molecule has 0 aliphatic heterocycles. The summed E-state index contributed by atoms with van der Waals surface area (Å²) in [6.07, 6.45) is 2.98. The first kappa shape index (κ1) is 21.7. The van der Waals surface area contributed by atoms with Gasteiger partial charge in [-0.15, -0.1) is 11.3 Å². The zero-order valence-electron chi connectivity index (χ0n) is 18.5. The van der Waals surface area contributed by atoms with E-state index in [9.17, 15) is 9.59 Å². The number of rotatable bonds is 6. The number of anilines is 2. The molecule has 0 fully saturated rings. The van der Waals surface area contributed by atoms with E-state index in [4.69, 9.17) is 4.74 Å². The highest BCUT2D eigenvalue weighted by molar-refractivity contribution is 7.14. The third-order valence-electron chi connectivity index (χ3n) is 5.21. The van der Waals surface area contributed by atoms with Crippen LogP contribution >= 0.6 is 11.3 Å². The van der Waals surface area contributed by atoms with E-state index < -0.39 is 6.09 Å². The fraction of sp³-hybridized carbons (Fsp3) is 0.167. The smallest absolute Gasteiger partial charge is 0.413 e. The molecule has 5 rings (SSSR count). The van der Waals surface area contributed by atoms with E-state index in [1.165, 1.54) is 0 Å². The minimum atomic E-state index is -0.596. The number of hydrogen-bond acceptors (Lipinski definition) is 6. The molecule has 34 heavy (non-hydrogen) atoms. The van der Waals surface area contributed by atoms with E-state index in [0.717, 1.165) is 44.3 Å². The van der Waals surface area contributed by atoms with Crippen molar-refractivity contribution in [3.05, 3.63) is 59.9 Å². The number of aromatic nitrogens is 4. The van der Waals surface area contributed by atoms with E-state index in [1.807, 2.05) is 56.4 Å². The van der Waals surface area contributed by atoms with Crippen LogP contribution in [0.3, 0.4) is 0 Å².